The molecule has 0 unspecified atom stereocenters. The second-order valence-electron chi connectivity index (χ2n) is 3.95. The van der Waals surface area contributed by atoms with Crippen LogP contribution in [0.2, 0.25) is 0 Å². The van der Waals surface area contributed by atoms with Crippen molar-refractivity contribution in [3.8, 4) is 0 Å². The molecule has 17 heavy (non-hydrogen) atoms. The first-order valence-corrected chi connectivity index (χ1v) is 5.97. The van der Waals surface area contributed by atoms with Gasteiger partial charge in [-0.1, -0.05) is 58.3 Å². The van der Waals surface area contributed by atoms with E-state index < -0.39 is 5.97 Å². The fraction of sp³-hybridized carbons (Fsp3) is 0.917. The number of carboxylic acids is 1. The molecule has 0 aromatic carbocycles. The number of carbonyl (C=O) groups is 1. The summed E-state index contributed by atoms with van der Waals surface area (Å²) in [5.74, 6) is -0.909. The Hall–Kier alpha value is 0.0264. The summed E-state index contributed by atoms with van der Waals surface area (Å²) in [5, 5.41) is 10.1. The molecule has 0 aromatic rings. The topological polar surface area (TPSA) is 100 Å². The van der Waals surface area contributed by atoms with Crippen LogP contribution in [-0.2, 0) is 4.79 Å². The number of rotatable bonds is 10. The van der Waals surface area contributed by atoms with Crippen molar-refractivity contribution in [1.82, 2.24) is 0 Å². The van der Waals surface area contributed by atoms with Gasteiger partial charge in [-0.3, -0.25) is 0 Å². The summed E-state index contributed by atoms with van der Waals surface area (Å²) in [6.07, 6.45) is 11.2. The Bertz CT molecular complexity index is 142. The van der Waals surface area contributed by atoms with Gasteiger partial charge in [-0.15, -0.1) is 0 Å². The normalized spacial score (nSPS) is 8.53. The Morgan fingerprint density at radius 1 is 0.824 bits per heavy atom. The minimum atomic E-state index is -0.909. The zero-order chi connectivity index (χ0) is 10.6. The van der Waals surface area contributed by atoms with Gasteiger partial charge in [0.2, 0.25) is 0 Å². The van der Waals surface area contributed by atoms with Gasteiger partial charge in [0.05, 0.1) is 0 Å². The summed E-state index contributed by atoms with van der Waals surface area (Å²) in [7, 11) is 0. The van der Waals surface area contributed by atoms with E-state index in [1.54, 1.807) is 0 Å². The Balaban J connectivity index is -0.000000282. The van der Waals surface area contributed by atoms with Gasteiger partial charge in [-0.25, -0.2) is 0 Å². The van der Waals surface area contributed by atoms with Crippen molar-refractivity contribution in [2.75, 3.05) is 0 Å². The molecule has 0 fully saturated rings. The molecular formula is C12H25GaO4. The minimum Gasteiger partial charge on any atom is -0.870 e. The smallest absolute Gasteiger partial charge is 0.870 e. The van der Waals surface area contributed by atoms with Crippen molar-refractivity contribution >= 4 is 25.8 Å². The number of carboxylic acid groups (broad SMARTS) is 1. The van der Waals surface area contributed by atoms with Crippen LogP contribution in [0.15, 0.2) is 0 Å². The molecule has 2 N–H and O–H groups in total. The van der Waals surface area contributed by atoms with Gasteiger partial charge >= 0.3 is 19.8 Å². The molecule has 0 rings (SSSR count). The molecular weight excluding hydrogens is 278 g/mol. The second-order valence-corrected chi connectivity index (χ2v) is 3.95. The fourth-order valence-electron chi connectivity index (χ4n) is 1.58. The quantitative estimate of drug-likeness (QED) is 0.454. The standard InChI is InChI=1S/C12H24O2.Ga.2H2O/c1-2-3-4-5-6-7-8-9-10-11-12(13)14;;;/h2-11H2,1H3,(H,13,14);;2*1H2/q;+3;;/p-3. The first-order chi connectivity index (χ1) is 6.77. The minimum absolute atomic E-state index is 0. The number of aliphatic carboxylic acids is 1. The number of hydrogen-bond donors (Lipinski definition) is 0. The summed E-state index contributed by atoms with van der Waals surface area (Å²) in [4.78, 5) is 10.1. The van der Waals surface area contributed by atoms with Crippen molar-refractivity contribution in [3.63, 3.8) is 0 Å². The average molecular weight is 303 g/mol. The van der Waals surface area contributed by atoms with Crippen LogP contribution in [0.25, 0.3) is 0 Å². The zero-order valence-electron chi connectivity index (χ0n) is 10.9. The van der Waals surface area contributed by atoms with Crippen molar-refractivity contribution in [2.24, 2.45) is 0 Å². The molecule has 0 radical (unpaired) electrons. The largest absolute Gasteiger partial charge is 3.00 e. The maximum absolute atomic E-state index is 10.1. The number of unbranched alkanes of at least 4 members (excludes halogenated alkanes) is 8. The van der Waals surface area contributed by atoms with E-state index in [1.807, 2.05) is 0 Å². The van der Waals surface area contributed by atoms with E-state index in [-0.39, 0.29) is 37.2 Å². The molecule has 0 spiro atoms. The molecule has 0 aliphatic rings. The number of carbonyl (C=O) groups excluding carboxylic acids is 1. The average Bonchev–Trinajstić information content (AvgIpc) is 2.15. The van der Waals surface area contributed by atoms with Crippen LogP contribution in [0.3, 0.4) is 0 Å². The van der Waals surface area contributed by atoms with Crippen LogP contribution < -0.4 is 5.11 Å². The van der Waals surface area contributed by atoms with Gasteiger partial charge in [-0.05, 0) is 12.8 Å². The number of hydrogen-bond acceptors (Lipinski definition) is 4. The monoisotopic (exact) mass is 302 g/mol. The third kappa shape index (κ3) is 25.9. The van der Waals surface area contributed by atoms with Crippen LogP contribution in [0.1, 0.15) is 71.1 Å². The summed E-state index contributed by atoms with van der Waals surface area (Å²) >= 11 is 0. The van der Waals surface area contributed by atoms with Crippen molar-refractivity contribution in [2.45, 2.75) is 71.1 Å². The maximum Gasteiger partial charge on any atom is 3.00 e. The summed E-state index contributed by atoms with van der Waals surface area (Å²) in [5.41, 5.74) is 0. The Kier molecular flexibility index (Phi) is 32.3. The van der Waals surface area contributed by atoms with E-state index in [4.69, 9.17) is 0 Å². The van der Waals surface area contributed by atoms with Gasteiger partial charge in [-0.2, -0.15) is 0 Å². The van der Waals surface area contributed by atoms with Crippen LogP contribution in [-0.4, -0.2) is 36.7 Å². The Morgan fingerprint density at radius 2 is 1.18 bits per heavy atom. The van der Waals surface area contributed by atoms with Gasteiger partial charge < -0.3 is 20.9 Å². The summed E-state index contributed by atoms with van der Waals surface area (Å²) in [6, 6.07) is 0. The van der Waals surface area contributed by atoms with Gasteiger partial charge in [0.25, 0.3) is 0 Å². The Labute approximate surface area is 118 Å². The van der Waals surface area contributed by atoms with Crippen LogP contribution in [0.4, 0.5) is 0 Å². The molecule has 0 amide bonds. The van der Waals surface area contributed by atoms with Crippen LogP contribution >= 0.6 is 0 Å². The summed E-state index contributed by atoms with van der Waals surface area (Å²) < 4.78 is 0. The van der Waals surface area contributed by atoms with Crippen molar-refractivity contribution < 1.29 is 20.9 Å². The first-order valence-electron chi connectivity index (χ1n) is 5.97. The van der Waals surface area contributed by atoms with E-state index in [2.05, 4.69) is 6.92 Å². The molecule has 100 valence electrons. The third-order valence-corrected chi connectivity index (χ3v) is 2.48. The molecule has 4 nitrogen and oxygen atoms in total. The molecule has 0 atom stereocenters. The molecule has 0 saturated carbocycles. The van der Waals surface area contributed by atoms with E-state index >= 15 is 0 Å². The maximum atomic E-state index is 10.1. The van der Waals surface area contributed by atoms with Crippen molar-refractivity contribution in [3.05, 3.63) is 0 Å². The predicted octanol–water partition coefficient (Wildman–Crippen LogP) is 1.92. The SMILES string of the molecule is CCCCCCCCCCCC(=O)[O-].[Ga+3].[OH-].[OH-]. The molecule has 0 aliphatic heterocycles. The molecule has 0 aromatic heterocycles. The fourth-order valence-corrected chi connectivity index (χ4v) is 1.58. The van der Waals surface area contributed by atoms with Gasteiger partial charge in [0.1, 0.15) is 0 Å². The van der Waals surface area contributed by atoms with Gasteiger partial charge in [0.15, 0.2) is 0 Å². The van der Waals surface area contributed by atoms with E-state index in [1.165, 1.54) is 44.9 Å². The second kappa shape index (κ2) is 21.3. The molecule has 0 bridgehead atoms. The van der Waals surface area contributed by atoms with E-state index in [0.29, 0.717) is 0 Å². The van der Waals surface area contributed by atoms with Crippen LogP contribution in [0, 0.1) is 0 Å². The van der Waals surface area contributed by atoms with E-state index in [0.717, 1.165) is 12.8 Å². The van der Waals surface area contributed by atoms with Crippen molar-refractivity contribution in [1.29, 1.82) is 0 Å². The molecule has 0 aliphatic carbocycles. The van der Waals surface area contributed by atoms with E-state index in [9.17, 15) is 9.90 Å². The Morgan fingerprint density at radius 3 is 1.53 bits per heavy atom. The third-order valence-electron chi connectivity index (χ3n) is 2.48. The molecule has 0 heterocycles. The van der Waals surface area contributed by atoms with Gasteiger partial charge in [0, 0.05) is 5.97 Å². The van der Waals surface area contributed by atoms with Crippen LogP contribution in [0.5, 0.6) is 0 Å². The first kappa shape index (κ1) is 25.8. The summed E-state index contributed by atoms with van der Waals surface area (Å²) in [6.45, 7) is 2.22. The molecule has 0 saturated heterocycles. The predicted molar refractivity (Wildman–Crippen MR) is 66.5 cm³/mol. The zero-order valence-corrected chi connectivity index (χ0v) is 13.3. The molecule has 5 heteroatoms.